The zero-order chi connectivity index (χ0) is 10.6. The molecule has 0 aliphatic heterocycles. The van der Waals surface area contributed by atoms with Crippen LogP contribution >= 0.6 is 11.8 Å². The van der Waals surface area contributed by atoms with Gasteiger partial charge >= 0.3 is 0 Å². The van der Waals surface area contributed by atoms with Crippen LogP contribution in [0.2, 0.25) is 0 Å². The maximum absolute atomic E-state index is 11.0. The first-order valence-corrected chi connectivity index (χ1v) is 6.67. The van der Waals surface area contributed by atoms with Crippen LogP contribution < -0.4 is 10.6 Å². The Morgan fingerprint density at radius 3 is 2.71 bits per heavy atom. The van der Waals surface area contributed by atoms with E-state index in [2.05, 4.69) is 16.9 Å². The van der Waals surface area contributed by atoms with Gasteiger partial charge in [0.2, 0.25) is 5.91 Å². The largest absolute Gasteiger partial charge is 0.356 e. The molecule has 0 aliphatic carbocycles. The lowest BCUT2D eigenvalue weighted by Gasteiger charge is -2.04. The summed E-state index contributed by atoms with van der Waals surface area (Å²) < 4.78 is 0. The van der Waals surface area contributed by atoms with E-state index < -0.39 is 0 Å². The zero-order valence-electron chi connectivity index (χ0n) is 9.27. The SMILES string of the molecule is CCNC(=O)CCNCCCCSC. The predicted molar refractivity (Wildman–Crippen MR) is 63.8 cm³/mol. The van der Waals surface area contributed by atoms with Crippen molar-refractivity contribution >= 4 is 17.7 Å². The van der Waals surface area contributed by atoms with Crippen LogP contribution in [0.25, 0.3) is 0 Å². The van der Waals surface area contributed by atoms with E-state index in [-0.39, 0.29) is 5.91 Å². The predicted octanol–water partition coefficient (Wildman–Crippen LogP) is 1.25. The highest BCUT2D eigenvalue weighted by molar-refractivity contribution is 7.98. The topological polar surface area (TPSA) is 41.1 Å². The normalized spacial score (nSPS) is 10.1. The number of rotatable bonds is 9. The molecule has 0 saturated heterocycles. The van der Waals surface area contributed by atoms with E-state index in [1.165, 1.54) is 18.6 Å². The van der Waals surface area contributed by atoms with Gasteiger partial charge in [-0.15, -0.1) is 0 Å². The summed E-state index contributed by atoms with van der Waals surface area (Å²) in [5.41, 5.74) is 0. The summed E-state index contributed by atoms with van der Waals surface area (Å²) in [5.74, 6) is 1.38. The average Bonchev–Trinajstić information content (AvgIpc) is 2.17. The Hall–Kier alpha value is -0.220. The van der Waals surface area contributed by atoms with Gasteiger partial charge in [0.25, 0.3) is 0 Å². The summed E-state index contributed by atoms with van der Waals surface area (Å²) >= 11 is 1.89. The summed E-state index contributed by atoms with van der Waals surface area (Å²) in [7, 11) is 0. The van der Waals surface area contributed by atoms with E-state index in [9.17, 15) is 4.79 Å². The molecule has 0 spiro atoms. The zero-order valence-corrected chi connectivity index (χ0v) is 10.1. The van der Waals surface area contributed by atoms with Gasteiger partial charge in [-0.05, 0) is 38.3 Å². The first kappa shape index (κ1) is 13.8. The maximum atomic E-state index is 11.0. The number of carbonyl (C=O) groups is 1. The summed E-state index contributed by atoms with van der Waals surface area (Å²) in [5, 5.41) is 6.04. The first-order valence-electron chi connectivity index (χ1n) is 5.27. The van der Waals surface area contributed by atoms with Crippen molar-refractivity contribution in [3.8, 4) is 0 Å². The molecule has 4 heteroatoms. The number of nitrogens with one attached hydrogen (secondary N) is 2. The lowest BCUT2D eigenvalue weighted by molar-refractivity contribution is -0.120. The second kappa shape index (κ2) is 10.9. The van der Waals surface area contributed by atoms with E-state index in [1.807, 2.05) is 18.7 Å². The fourth-order valence-electron chi connectivity index (χ4n) is 1.11. The van der Waals surface area contributed by atoms with E-state index in [4.69, 9.17) is 0 Å². The summed E-state index contributed by atoms with van der Waals surface area (Å²) in [4.78, 5) is 11.0. The Morgan fingerprint density at radius 1 is 1.29 bits per heavy atom. The number of hydrogen-bond acceptors (Lipinski definition) is 3. The smallest absolute Gasteiger partial charge is 0.221 e. The minimum atomic E-state index is 0.143. The van der Waals surface area contributed by atoms with Crippen LogP contribution in [-0.4, -0.2) is 37.6 Å². The summed E-state index contributed by atoms with van der Waals surface area (Å²) in [6.07, 6.45) is 5.18. The molecular weight excluding hydrogens is 196 g/mol. The third-order valence-corrected chi connectivity index (χ3v) is 2.55. The number of amides is 1. The third kappa shape index (κ3) is 9.86. The molecule has 0 aromatic rings. The van der Waals surface area contributed by atoms with Gasteiger partial charge in [-0.1, -0.05) is 0 Å². The van der Waals surface area contributed by atoms with E-state index in [1.54, 1.807) is 0 Å². The maximum Gasteiger partial charge on any atom is 0.221 e. The highest BCUT2D eigenvalue weighted by Crippen LogP contribution is 1.97. The molecule has 3 nitrogen and oxygen atoms in total. The quantitative estimate of drug-likeness (QED) is 0.572. The second-order valence-corrected chi connectivity index (χ2v) is 4.14. The molecule has 0 fully saturated rings. The molecule has 0 aromatic carbocycles. The minimum absolute atomic E-state index is 0.143. The molecule has 0 unspecified atom stereocenters. The van der Waals surface area contributed by atoms with E-state index >= 15 is 0 Å². The van der Waals surface area contributed by atoms with Crippen LogP contribution in [0.5, 0.6) is 0 Å². The van der Waals surface area contributed by atoms with Gasteiger partial charge in [0.15, 0.2) is 0 Å². The second-order valence-electron chi connectivity index (χ2n) is 3.15. The molecule has 0 rings (SSSR count). The Bertz CT molecular complexity index is 142. The standard InChI is InChI=1S/C10H22N2OS/c1-3-12-10(13)6-8-11-7-4-5-9-14-2/h11H,3-9H2,1-2H3,(H,12,13). The highest BCUT2D eigenvalue weighted by atomic mass is 32.2. The van der Waals surface area contributed by atoms with Crippen molar-refractivity contribution in [2.75, 3.05) is 31.6 Å². The van der Waals surface area contributed by atoms with Gasteiger partial charge in [0.1, 0.15) is 0 Å². The molecule has 0 aliphatic rings. The van der Waals surface area contributed by atoms with Crippen LogP contribution in [0.4, 0.5) is 0 Å². The van der Waals surface area contributed by atoms with Gasteiger partial charge < -0.3 is 10.6 Å². The molecule has 84 valence electrons. The van der Waals surface area contributed by atoms with Crippen molar-refractivity contribution < 1.29 is 4.79 Å². The molecule has 0 atom stereocenters. The first-order chi connectivity index (χ1) is 6.81. The van der Waals surface area contributed by atoms with Gasteiger partial charge in [0.05, 0.1) is 0 Å². The van der Waals surface area contributed by atoms with Crippen LogP contribution in [0.3, 0.4) is 0 Å². The highest BCUT2D eigenvalue weighted by Gasteiger charge is 1.97. The van der Waals surface area contributed by atoms with Crippen molar-refractivity contribution in [1.82, 2.24) is 10.6 Å². The minimum Gasteiger partial charge on any atom is -0.356 e. The number of hydrogen-bond donors (Lipinski definition) is 2. The average molecular weight is 218 g/mol. The Labute approximate surface area is 91.4 Å². The van der Waals surface area contributed by atoms with Crippen molar-refractivity contribution in [1.29, 1.82) is 0 Å². The monoisotopic (exact) mass is 218 g/mol. The molecule has 0 bridgehead atoms. The van der Waals surface area contributed by atoms with Gasteiger partial charge in [0, 0.05) is 19.5 Å². The van der Waals surface area contributed by atoms with Gasteiger partial charge in [-0.3, -0.25) is 4.79 Å². The lowest BCUT2D eigenvalue weighted by atomic mass is 10.3. The fourth-order valence-corrected chi connectivity index (χ4v) is 1.60. The van der Waals surface area contributed by atoms with Crippen molar-refractivity contribution in [3.05, 3.63) is 0 Å². The molecule has 1 amide bonds. The fraction of sp³-hybridized carbons (Fsp3) is 0.900. The van der Waals surface area contributed by atoms with Gasteiger partial charge in [-0.25, -0.2) is 0 Å². The van der Waals surface area contributed by atoms with E-state index in [0.29, 0.717) is 6.42 Å². The number of carbonyl (C=O) groups excluding carboxylic acids is 1. The lowest BCUT2D eigenvalue weighted by Crippen LogP contribution is -2.27. The van der Waals surface area contributed by atoms with Crippen molar-refractivity contribution in [2.24, 2.45) is 0 Å². The van der Waals surface area contributed by atoms with Crippen molar-refractivity contribution in [3.63, 3.8) is 0 Å². The third-order valence-electron chi connectivity index (χ3n) is 1.85. The van der Waals surface area contributed by atoms with Crippen LogP contribution in [0.15, 0.2) is 0 Å². The molecule has 14 heavy (non-hydrogen) atoms. The molecule has 0 heterocycles. The Balaban J connectivity index is 3.01. The van der Waals surface area contributed by atoms with Crippen LogP contribution in [-0.2, 0) is 4.79 Å². The Kier molecular flexibility index (Phi) is 10.7. The number of thioether (sulfide) groups is 1. The van der Waals surface area contributed by atoms with Crippen molar-refractivity contribution in [2.45, 2.75) is 26.2 Å². The molecular formula is C10H22N2OS. The summed E-state index contributed by atoms with van der Waals surface area (Å²) in [6, 6.07) is 0. The molecule has 0 saturated carbocycles. The Morgan fingerprint density at radius 2 is 2.07 bits per heavy atom. The molecule has 0 aromatic heterocycles. The molecule has 0 radical (unpaired) electrons. The van der Waals surface area contributed by atoms with Crippen LogP contribution in [0, 0.1) is 0 Å². The van der Waals surface area contributed by atoms with Gasteiger partial charge in [-0.2, -0.15) is 11.8 Å². The summed E-state index contributed by atoms with van der Waals surface area (Å²) in [6.45, 7) is 4.49. The van der Waals surface area contributed by atoms with E-state index in [0.717, 1.165) is 19.6 Å². The van der Waals surface area contributed by atoms with Crippen LogP contribution in [0.1, 0.15) is 26.2 Å². The molecule has 2 N–H and O–H groups in total. The number of unbranched alkanes of at least 4 members (excludes halogenated alkanes) is 1.